The average molecular weight is 197 g/mol. The Morgan fingerprint density at radius 3 is 3.00 bits per heavy atom. The molecule has 1 N–H and O–H groups in total. The molecule has 0 amide bonds. The summed E-state index contributed by atoms with van der Waals surface area (Å²) in [5, 5.41) is 8.40. The van der Waals surface area contributed by atoms with Crippen LogP contribution in [0.25, 0.3) is 0 Å². The van der Waals surface area contributed by atoms with Crippen molar-refractivity contribution in [2.24, 2.45) is 0 Å². The molecule has 0 aromatic carbocycles. The van der Waals surface area contributed by atoms with Gasteiger partial charge in [-0.3, -0.25) is 9.78 Å². The Kier molecular flexibility index (Phi) is 3.76. The van der Waals surface area contributed by atoms with Crippen LogP contribution in [0.4, 0.5) is 0 Å². The highest BCUT2D eigenvalue weighted by Crippen LogP contribution is 2.09. The summed E-state index contributed by atoms with van der Waals surface area (Å²) in [4.78, 5) is 14.5. The molecule has 1 aromatic rings. The zero-order chi connectivity index (χ0) is 9.68. The molecule has 0 fully saturated rings. The van der Waals surface area contributed by atoms with E-state index >= 15 is 0 Å². The Bertz CT molecular complexity index is 301. The number of aromatic nitrogens is 1. The molecule has 0 aliphatic heterocycles. The number of aliphatic carboxylic acids is 1. The fourth-order valence-corrected chi connectivity index (χ4v) is 1.57. The molecule has 1 rings (SSSR count). The number of carbonyl (C=O) groups is 1. The minimum atomic E-state index is -0.780. The third-order valence-electron chi connectivity index (χ3n) is 1.42. The van der Waals surface area contributed by atoms with Crippen molar-refractivity contribution in [2.75, 3.05) is 5.75 Å². The van der Waals surface area contributed by atoms with Crippen LogP contribution in [0.2, 0.25) is 0 Å². The molecule has 3 nitrogen and oxygen atoms in total. The summed E-state index contributed by atoms with van der Waals surface area (Å²) in [6, 6.07) is 5.76. The van der Waals surface area contributed by atoms with Crippen molar-refractivity contribution in [3.05, 3.63) is 29.6 Å². The Labute approximate surface area is 81.2 Å². The highest BCUT2D eigenvalue weighted by Gasteiger charge is 1.99. The van der Waals surface area contributed by atoms with Gasteiger partial charge >= 0.3 is 5.97 Å². The molecule has 0 saturated heterocycles. The van der Waals surface area contributed by atoms with Crippen LogP contribution in [0.15, 0.2) is 18.2 Å². The largest absolute Gasteiger partial charge is 0.481 e. The van der Waals surface area contributed by atoms with Gasteiger partial charge < -0.3 is 5.11 Å². The standard InChI is InChI=1S/C9H11NO2S/c1-7-3-2-4-8(10-7)5-13-6-9(11)12/h2-4H,5-6H2,1H3,(H,11,12). The van der Waals surface area contributed by atoms with Crippen LogP contribution in [0.1, 0.15) is 11.4 Å². The molecule has 0 bridgehead atoms. The molecule has 4 heteroatoms. The van der Waals surface area contributed by atoms with Crippen molar-refractivity contribution in [1.29, 1.82) is 0 Å². The number of hydrogen-bond donors (Lipinski definition) is 1. The third kappa shape index (κ3) is 3.94. The summed E-state index contributed by atoms with van der Waals surface area (Å²) < 4.78 is 0. The van der Waals surface area contributed by atoms with E-state index in [9.17, 15) is 4.79 Å². The van der Waals surface area contributed by atoms with E-state index in [1.54, 1.807) is 0 Å². The number of carboxylic acid groups (broad SMARTS) is 1. The first kappa shape index (κ1) is 10.1. The minimum Gasteiger partial charge on any atom is -0.481 e. The Hall–Kier alpha value is -1.03. The van der Waals surface area contributed by atoms with Gasteiger partial charge in [0.1, 0.15) is 0 Å². The van der Waals surface area contributed by atoms with Crippen molar-refractivity contribution in [3.8, 4) is 0 Å². The summed E-state index contributed by atoms with van der Waals surface area (Å²) in [5.74, 6) is 0.0153. The van der Waals surface area contributed by atoms with Gasteiger partial charge in [-0.15, -0.1) is 11.8 Å². The lowest BCUT2D eigenvalue weighted by Gasteiger charge is -1.99. The molecule has 0 atom stereocenters. The second-order valence-corrected chi connectivity index (χ2v) is 3.64. The van der Waals surface area contributed by atoms with Crippen LogP contribution in [0.5, 0.6) is 0 Å². The van der Waals surface area contributed by atoms with Gasteiger partial charge in [0, 0.05) is 11.4 Å². The summed E-state index contributed by atoms with van der Waals surface area (Å²) in [7, 11) is 0. The van der Waals surface area contributed by atoms with Crippen molar-refractivity contribution >= 4 is 17.7 Å². The molecule has 0 saturated carbocycles. The predicted octanol–water partition coefficient (Wildman–Crippen LogP) is 1.71. The highest BCUT2D eigenvalue weighted by atomic mass is 32.2. The SMILES string of the molecule is Cc1cccc(CSCC(=O)O)n1. The summed E-state index contributed by atoms with van der Waals surface area (Å²) in [6.45, 7) is 1.92. The maximum absolute atomic E-state index is 10.2. The van der Waals surface area contributed by atoms with E-state index in [1.165, 1.54) is 11.8 Å². The molecule has 1 aromatic heterocycles. The lowest BCUT2D eigenvalue weighted by molar-refractivity contribution is -0.133. The molecule has 0 aliphatic carbocycles. The predicted molar refractivity (Wildman–Crippen MR) is 52.8 cm³/mol. The lowest BCUT2D eigenvalue weighted by Crippen LogP contribution is -1.99. The molecule has 0 aliphatic rings. The Balaban J connectivity index is 2.41. The third-order valence-corrected chi connectivity index (χ3v) is 2.37. The van der Waals surface area contributed by atoms with Crippen molar-refractivity contribution in [3.63, 3.8) is 0 Å². The van der Waals surface area contributed by atoms with E-state index in [0.29, 0.717) is 5.75 Å². The van der Waals surface area contributed by atoms with Gasteiger partial charge in [-0.1, -0.05) is 6.07 Å². The van der Waals surface area contributed by atoms with Crippen LogP contribution < -0.4 is 0 Å². The summed E-state index contributed by atoms with van der Waals surface area (Å²) in [6.07, 6.45) is 0. The Morgan fingerprint density at radius 1 is 1.62 bits per heavy atom. The van der Waals surface area contributed by atoms with Crippen LogP contribution in [0.3, 0.4) is 0 Å². The first-order valence-electron chi connectivity index (χ1n) is 3.90. The van der Waals surface area contributed by atoms with Gasteiger partial charge in [0.25, 0.3) is 0 Å². The van der Waals surface area contributed by atoms with Gasteiger partial charge in [0.2, 0.25) is 0 Å². The number of aryl methyl sites for hydroxylation is 1. The summed E-state index contributed by atoms with van der Waals surface area (Å²) in [5.41, 5.74) is 1.90. The Morgan fingerprint density at radius 2 is 2.38 bits per heavy atom. The summed E-state index contributed by atoms with van der Waals surface area (Å²) >= 11 is 1.36. The van der Waals surface area contributed by atoms with Crippen LogP contribution in [-0.2, 0) is 10.5 Å². The second-order valence-electron chi connectivity index (χ2n) is 2.66. The number of pyridine rings is 1. The number of hydrogen-bond acceptors (Lipinski definition) is 3. The topological polar surface area (TPSA) is 50.2 Å². The maximum Gasteiger partial charge on any atom is 0.313 e. The first-order valence-corrected chi connectivity index (χ1v) is 5.06. The van der Waals surface area contributed by atoms with E-state index < -0.39 is 5.97 Å². The number of nitrogens with zero attached hydrogens (tertiary/aromatic N) is 1. The van der Waals surface area contributed by atoms with E-state index in [-0.39, 0.29) is 5.75 Å². The zero-order valence-electron chi connectivity index (χ0n) is 7.36. The van der Waals surface area contributed by atoms with E-state index in [0.717, 1.165) is 11.4 Å². The zero-order valence-corrected chi connectivity index (χ0v) is 8.17. The minimum absolute atomic E-state index is 0.135. The molecular weight excluding hydrogens is 186 g/mol. The van der Waals surface area contributed by atoms with Gasteiger partial charge in [-0.05, 0) is 19.1 Å². The maximum atomic E-state index is 10.2. The van der Waals surface area contributed by atoms with E-state index in [1.807, 2.05) is 25.1 Å². The fourth-order valence-electron chi connectivity index (χ4n) is 0.923. The molecular formula is C9H11NO2S. The average Bonchev–Trinajstić information content (AvgIpc) is 2.03. The molecule has 0 unspecified atom stereocenters. The fraction of sp³-hybridized carbons (Fsp3) is 0.333. The normalized spacial score (nSPS) is 9.92. The van der Waals surface area contributed by atoms with Gasteiger partial charge in [0.15, 0.2) is 0 Å². The van der Waals surface area contributed by atoms with Crippen LogP contribution >= 0.6 is 11.8 Å². The second kappa shape index (κ2) is 4.87. The van der Waals surface area contributed by atoms with Crippen LogP contribution in [0, 0.1) is 6.92 Å². The molecule has 13 heavy (non-hydrogen) atoms. The monoisotopic (exact) mass is 197 g/mol. The number of rotatable bonds is 4. The van der Waals surface area contributed by atoms with E-state index in [2.05, 4.69) is 4.98 Å². The molecule has 0 radical (unpaired) electrons. The molecule has 1 heterocycles. The number of carboxylic acids is 1. The number of thioether (sulfide) groups is 1. The lowest BCUT2D eigenvalue weighted by atomic mass is 10.3. The van der Waals surface area contributed by atoms with Crippen molar-refractivity contribution in [1.82, 2.24) is 4.98 Å². The molecule has 0 spiro atoms. The van der Waals surface area contributed by atoms with Gasteiger partial charge in [-0.25, -0.2) is 0 Å². The molecule has 70 valence electrons. The first-order chi connectivity index (χ1) is 6.18. The van der Waals surface area contributed by atoms with Crippen LogP contribution in [-0.4, -0.2) is 21.8 Å². The van der Waals surface area contributed by atoms with Crippen molar-refractivity contribution < 1.29 is 9.90 Å². The van der Waals surface area contributed by atoms with Gasteiger partial charge in [-0.2, -0.15) is 0 Å². The van der Waals surface area contributed by atoms with Gasteiger partial charge in [0.05, 0.1) is 11.4 Å². The smallest absolute Gasteiger partial charge is 0.313 e. The van der Waals surface area contributed by atoms with Crippen molar-refractivity contribution in [2.45, 2.75) is 12.7 Å². The van der Waals surface area contributed by atoms with E-state index in [4.69, 9.17) is 5.11 Å². The highest BCUT2D eigenvalue weighted by molar-refractivity contribution is 7.99. The quantitative estimate of drug-likeness (QED) is 0.798.